The Hall–Kier alpha value is -3.73. The Balaban J connectivity index is 0.00000145. The fourth-order valence-electron chi connectivity index (χ4n) is 2.81. The molecule has 2 amide bonds. The van der Waals surface area contributed by atoms with Crippen molar-refractivity contribution in [1.82, 2.24) is 5.32 Å². The largest absolute Gasteiger partial charge is 0.351 e. The van der Waals surface area contributed by atoms with E-state index in [-0.39, 0.29) is 11.8 Å². The molecule has 1 atom stereocenters. The number of nitrogens with one attached hydrogen (secondary N) is 2. The van der Waals surface area contributed by atoms with Crippen LogP contribution in [-0.2, 0) is 27.3 Å². The summed E-state index contributed by atoms with van der Waals surface area (Å²) >= 11 is 0. The van der Waals surface area contributed by atoms with E-state index in [0.717, 1.165) is 11.1 Å². The second-order valence-corrected chi connectivity index (χ2v) is 6.30. The first-order valence-electron chi connectivity index (χ1n) is 9.23. The zero-order valence-electron chi connectivity index (χ0n) is 16.1. The Bertz CT molecular complexity index is 884. The van der Waals surface area contributed by atoms with Crippen molar-refractivity contribution in [3.05, 3.63) is 102 Å². The lowest BCUT2D eigenvalue weighted by Crippen LogP contribution is -2.39. The fourth-order valence-corrected chi connectivity index (χ4v) is 2.81. The molecule has 148 valence electrons. The fraction of sp³-hybridized carbons (Fsp3) is 0.125. The molecule has 0 aromatic heterocycles. The predicted molar refractivity (Wildman–Crippen MR) is 114 cm³/mol. The van der Waals surface area contributed by atoms with Gasteiger partial charge in [-0.05, 0) is 29.7 Å². The van der Waals surface area contributed by atoms with Gasteiger partial charge < -0.3 is 15.4 Å². The summed E-state index contributed by atoms with van der Waals surface area (Å²) in [6.07, 6.45) is 0.347. The molecule has 5 heteroatoms. The van der Waals surface area contributed by atoms with E-state index >= 15 is 0 Å². The summed E-state index contributed by atoms with van der Waals surface area (Å²) in [5.41, 5.74) is 2.62. The van der Waals surface area contributed by atoms with Crippen LogP contribution < -0.4 is 10.6 Å². The van der Waals surface area contributed by atoms with Crippen LogP contribution in [0.15, 0.2) is 91.0 Å². The van der Waals surface area contributed by atoms with E-state index < -0.39 is 5.92 Å². The van der Waals surface area contributed by atoms with Gasteiger partial charge in [0.1, 0.15) is 12.7 Å². The number of hydrogen-bond acceptors (Lipinski definition) is 3. The third-order valence-corrected chi connectivity index (χ3v) is 4.27. The van der Waals surface area contributed by atoms with Gasteiger partial charge >= 0.3 is 0 Å². The number of rotatable bonds is 7. The SMILES string of the molecule is C=O.O=C(NCc1ccccc1)C(Cc1ccccc1)C(=O)Nc1ccccc1. The Morgan fingerprint density at radius 2 is 1.17 bits per heavy atom. The van der Waals surface area contributed by atoms with Gasteiger partial charge in [0.2, 0.25) is 11.8 Å². The maximum absolute atomic E-state index is 12.8. The van der Waals surface area contributed by atoms with Crippen LogP contribution in [-0.4, -0.2) is 18.6 Å². The number of hydrogen-bond donors (Lipinski definition) is 2. The van der Waals surface area contributed by atoms with Crippen LogP contribution in [0.2, 0.25) is 0 Å². The molecule has 0 aliphatic heterocycles. The molecule has 0 aliphatic rings. The molecule has 0 saturated carbocycles. The molecule has 0 spiro atoms. The standard InChI is InChI=1S/C23H22N2O2.CH2O/c26-22(24-17-19-12-6-2-7-13-19)21(16-18-10-4-1-5-11-18)23(27)25-20-14-8-3-9-15-20;1-2/h1-15,21H,16-17H2,(H,24,26)(H,25,27);1H2. The highest BCUT2D eigenvalue weighted by atomic mass is 16.2. The molecule has 0 bridgehead atoms. The van der Waals surface area contributed by atoms with Gasteiger partial charge in [-0.15, -0.1) is 0 Å². The lowest BCUT2D eigenvalue weighted by atomic mass is 9.97. The van der Waals surface area contributed by atoms with Gasteiger partial charge in [0.25, 0.3) is 0 Å². The van der Waals surface area contributed by atoms with Crippen LogP contribution >= 0.6 is 0 Å². The lowest BCUT2D eigenvalue weighted by Gasteiger charge is -2.17. The molecular formula is C24H24N2O3. The van der Waals surface area contributed by atoms with Crippen LogP contribution in [0, 0.1) is 5.92 Å². The summed E-state index contributed by atoms with van der Waals surface area (Å²) < 4.78 is 0. The first-order valence-corrected chi connectivity index (χ1v) is 9.23. The second kappa shape index (κ2) is 11.9. The van der Waals surface area contributed by atoms with Crippen LogP contribution in [0.25, 0.3) is 0 Å². The minimum Gasteiger partial charge on any atom is -0.351 e. The van der Waals surface area contributed by atoms with Crippen LogP contribution in [0.5, 0.6) is 0 Å². The highest BCUT2D eigenvalue weighted by Crippen LogP contribution is 2.14. The summed E-state index contributed by atoms with van der Waals surface area (Å²) in [4.78, 5) is 33.6. The molecule has 3 aromatic rings. The van der Waals surface area contributed by atoms with Crippen molar-refractivity contribution in [3.63, 3.8) is 0 Å². The number of para-hydroxylation sites is 1. The van der Waals surface area contributed by atoms with Crippen molar-refractivity contribution < 1.29 is 14.4 Å². The third kappa shape index (κ3) is 7.07. The number of anilines is 1. The minimum absolute atomic E-state index is 0.281. The predicted octanol–water partition coefficient (Wildman–Crippen LogP) is 3.62. The quantitative estimate of drug-likeness (QED) is 0.607. The molecule has 29 heavy (non-hydrogen) atoms. The summed E-state index contributed by atoms with van der Waals surface area (Å²) in [7, 11) is 0. The highest BCUT2D eigenvalue weighted by molar-refractivity contribution is 6.06. The molecule has 2 N–H and O–H groups in total. The maximum Gasteiger partial charge on any atom is 0.237 e. The molecule has 3 rings (SSSR count). The zero-order chi connectivity index (χ0) is 20.9. The van der Waals surface area contributed by atoms with Gasteiger partial charge in [-0.25, -0.2) is 0 Å². The van der Waals surface area contributed by atoms with Crippen molar-refractivity contribution in [2.24, 2.45) is 5.92 Å². The molecule has 0 aliphatic carbocycles. The summed E-state index contributed by atoms with van der Waals surface area (Å²) in [6, 6.07) is 28.4. The first-order chi connectivity index (χ1) is 14.2. The van der Waals surface area contributed by atoms with Gasteiger partial charge in [-0.2, -0.15) is 0 Å². The summed E-state index contributed by atoms with van der Waals surface area (Å²) in [6.45, 7) is 2.39. The van der Waals surface area contributed by atoms with E-state index in [9.17, 15) is 9.59 Å². The van der Waals surface area contributed by atoms with E-state index in [1.807, 2.05) is 85.7 Å². The average molecular weight is 388 g/mol. The normalized spacial score (nSPS) is 10.8. The van der Waals surface area contributed by atoms with Gasteiger partial charge in [0.05, 0.1) is 0 Å². The van der Waals surface area contributed by atoms with E-state index in [4.69, 9.17) is 4.79 Å². The topological polar surface area (TPSA) is 75.3 Å². The number of carbonyl (C=O) groups excluding carboxylic acids is 3. The zero-order valence-corrected chi connectivity index (χ0v) is 16.1. The summed E-state index contributed by atoms with van der Waals surface area (Å²) in [5, 5.41) is 5.73. The molecule has 0 saturated heterocycles. The first kappa shape index (κ1) is 21.6. The van der Waals surface area contributed by atoms with Crippen LogP contribution in [0.1, 0.15) is 11.1 Å². The van der Waals surface area contributed by atoms with Crippen molar-refractivity contribution in [1.29, 1.82) is 0 Å². The lowest BCUT2D eigenvalue weighted by molar-refractivity contribution is -0.132. The van der Waals surface area contributed by atoms with Crippen LogP contribution in [0.4, 0.5) is 5.69 Å². The Morgan fingerprint density at radius 1 is 0.690 bits per heavy atom. The minimum atomic E-state index is -0.809. The number of benzene rings is 3. The highest BCUT2D eigenvalue weighted by Gasteiger charge is 2.27. The van der Waals surface area contributed by atoms with E-state index in [0.29, 0.717) is 18.7 Å². The second-order valence-electron chi connectivity index (χ2n) is 6.30. The van der Waals surface area contributed by atoms with Crippen molar-refractivity contribution >= 4 is 24.3 Å². The molecule has 5 nitrogen and oxygen atoms in total. The number of amides is 2. The molecule has 1 unspecified atom stereocenters. The smallest absolute Gasteiger partial charge is 0.237 e. The monoisotopic (exact) mass is 388 g/mol. The van der Waals surface area contributed by atoms with E-state index in [1.54, 1.807) is 12.1 Å². The molecule has 0 heterocycles. The van der Waals surface area contributed by atoms with Gasteiger partial charge in [0.15, 0.2) is 0 Å². The Morgan fingerprint density at radius 3 is 1.72 bits per heavy atom. The van der Waals surface area contributed by atoms with E-state index in [2.05, 4.69) is 10.6 Å². The van der Waals surface area contributed by atoms with Gasteiger partial charge in [0, 0.05) is 12.2 Å². The Kier molecular flexibility index (Phi) is 8.83. The average Bonchev–Trinajstić information content (AvgIpc) is 2.79. The number of carbonyl (C=O) groups is 3. The Labute approximate surface area is 170 Å². The van der Waals surface area contributed by atoms with Gasteiger partial charge in [-0.1, -0.05) is 78.9 Å². The van der Waals surface area contributed by atoms with Crippen molar-refractivity contribution in [2.75, 3.05) is 5.32 Å². The molecular weight excluding hydrogens is 364 g/mol. The third-order valence-electron chi connectivity index (χ3n) is 4.27. The van der Waals surface area contributed by atoms with E-state index in [1.165, 1.54) is 0 Å². The maximum atomic E-state index is 12.8. The van der Waals surface area contributed by atoms with Gasteiger partial charge in [-0.3, -0.25) is 9.59 Å². The summed E-state index contributed by atoms with van der Waals surface area (Å²) in [5.74, 6) is -1.40. The van der Waals surface area contributed by atoms with Crippen molar-refractivity contribution in [3.8, 4) is 0 Å². The van der Waals surface area contributed by atoms with Crippen LogP contribution in [0.3, 0.4) is 0 Å². The van der Waals surface area contributed by atoms with Crippen molar-refractivity contribution in [2.45, 2.75) is 13.0 Å². The molecule has 3 aromatic carbocycles. The molecule has 0 radical (unpaired) electrons. The molecule has 0 fully saturated rings.